The number of hydrogen-bond donors (Lipinski definition) is 2. The van der Waals surface area contributed by atoms with E-state index in [-0.39, 0.29) is 30.3 Å². The van der Waals surface area contributed by atoms with E-state index in [2.05, 4.69) is 15.6 Å². The molecule has 0 aliphatic heterocycles. The van der Waals surface area contributed by atoms with Gasteiger partial charge in [0, 0.05) is 23.5 Å². The van der Waals surface area contributed by atoms with Crippen LogP contribution in [-0.2, 0) is 16.1 Å². The molecule has 168 valence electrons. The summed E-state index contributed by atoms with van der Waals surface area (Å²) < 4.78 is 1.45. The summed E-state index contributed by atoms with van der Waals surface area (Å²) >= 11 is 1.49. The first-order valence-electron chi connectivity index (χ1n) is 10.6. The number of benzene rings is 2. The van der Waals surface area contributed by atoms with Crippen molar-refractivity contribution in [3.05, 3.63) is 93.3 Å². The topological polar surface area (TPSA) is 93.1 Å². The molecule has 7 nitrogen and oxygen atoms in total. The first kappa shape index (κ1) is 22.4. The zero-order valence-electron chi connectivity index (χ0n) is 18.4. The molecular weight excluding hydrogens is 436 g/mol. The molecule has 0 radical (unpaired) electrons. The zero-order valence-corrected chi connectivity index (χ0v) is 19.2. The van der Waals surface area contributed by atoms with Crippen molar-refractivity contribution in [3.63, 3.8) is 0 Å². The lowest BCUT2D eigenvalue weighted by Crippen LogP contribution is -2.37. The van der Waals surface area contributed by atoms with Crippen LogP contribution in [0.4, 0.5) is 5.69 Å². The number of thiophene rings is 1. The summed E-state index contributed by atoms with van der Waals surface area (Å²) in [6, 6.07) is 17.3. The largest absolute Gasteiger partial charge is 0.340 e. The van der Waals surface area contributed by atoms with Gasteiger partial charge in [-0.3, -0.25) is 19.0 Å². The first-order valence-corrected chi connectivity index (χ1v) is 11.4. The molecule has 8 heteroatoms. The fraction of sp³-hybridized carbons (Fsp3) is 0.200. The number of anilines is 1. The quantitative estimate of drug-likeness (QED) is 0.437. The van der Waals surface area contributed by atoms with Gasteiger partial charge in [-0.25, -0.2) is 4.98 Å². The van der Waals surface area contributed by atoms with Crippen molar-refractivity contribution in [1.29, 1.82) is 0 Å². The number of nitrogens with one attached hydrogen (secondary N) is 2. The Hall–Kier alpha value is -3.78. The molecular formula is C25H24N4O3S. The second-order valence-corrected chi connectivity index (χ2v) is 8.93. The van der Waals surface area contributed by atoms with Crippen LogP contribution in [0.25, 0.3) is 10.2 Å². The van der Waals surface area contributed by atoms with Gasteiger partial charge in [-0.2, -0.15) is 0 Å². The van der Waals surface area contributed by atoms with Gasteiger partial charge in [0.15, 0.2) is 0 Å². The molecule has 0 aliphatic rings. The summed E-state index contributed by atoms with van der Waals surface area (Å²) in [7, 11) is 0. The zero-order chi connectivity index (χ0) is 23.4. The maximum absolute atomic E-state index is 13.0. The van der Waals surface area contributed by atoms with E-state index in [1.165, 1.54) is 22.2 Å². The SMILES string of the molecule is Cc1sc2ncn(CCC(=O)NC(C(=O)Nc3ccccc3)c3ccccc3)c(=O)c2c1C. The second kappa shape index (κ2) is 9.79. The van der Waals surface area contributed by atoms with Gasteiger partial charge in [-0.1, -0.05) is 48.5 Å². The standard InChI is InChI=1S/C25H24N4O3S/c1-16-17(2)33-24-21(16)25(32)29(15-26-24)14-13-20(30)28-22(18-9-5-3-6-10-18)23(31)27-19-11-7-4-8-12-19/h3-12,15,22H,13-14H2,1-2H3,(H,27,31)(H,28,30). The van der Waals surface area contributed by atoms with Crippen molar-refractivity contribution in [3.8, 4) is 0 Å². The van der Waals surface area contributed by atoms with Crippen LogP contribution in [0, 0.1) is 13.8 Å². The highest BCUT2D eigenvalue weighted by atomic mass is 32.1. The van der Waals surface area contributed by atoms with Gasteiger partial charge in [-0.05, 0) is 37.1 Å². The van der Waals surface area contributed by atoms with E-state index in [4.69, 9.17) is 0 Å². The number of fused-ring (bicyclic) bond motifs is 1. The Morgan fingerprint density at radius 3 is 2.39 bits per heavy atom. The van der Waals surface area contributed by atoms with E-state index >= 15 is 0 Å². The highest BCUT2D eigenvalue weighted by Gasteiger charge is 2.23. The van der Waals surface area contributed by atoms with Crippen LogP contribution in [0.3, 0.4) is 0 Å². The molecule has 2 heterocycles. The molecule has 0 spiro atoms. The summed E-state index contributed by atoms with van der Waals surface area (Å²) in [6.07, 6.45) is 1.52. The molecule has 0 aliphatic carbocycles. The fourth-order valence-electron chi connectivity index (χ4n) is 3.57. The lowest BCUT2D eigenvalue weighted by atomic mass is 10.1. The molecule has 4 aromatic rings. The van der Waals surface area contributed by atoms with Gasteiger partial charge >= 0.3 is 0 Å². The van der Waals surface area contributed by atoms with Crippen molar-refractivity contribution in [2.75, 3.05) is 5.32 Å². The van der Waals surface area contributed by atoms with Gasteiger partial charge in [0.1, 0.15) is 10.9 Å². The summed E-state index contributed by atoms with van der Waals surface area (Å²) in [5, 5.41) is 6.25. The van der Waals surface area contributed by atoms with Crippen LogP contribution < -0.4 is 16.2 Å². The van der Waals surface area contributed by atoms with Crippen LogP contribution in [-0.4, -0.2) is 21.4 Å². The number of rotatable bonds is 7. The van der Waals surface area contributed by atoms with Crippen molar-refractivity contribution in [2.24, 2.45) is 0 Å². The Labute approximate surface area is 195 Å². The average Bonchev–Trinajstić information content (AvgIpc) is 3.12. The molecule has 2 N–H and O–H groups in total. The minimum atomic E-state index is -0.863. The summed E-state index contributed by atoms with van der Waals surface area (Å²) in [5.41, 5.74) is 2.08. The van der Waals surface area contributed by atoms with Gasteiger partial charge in [0.05, 0.1) is 11.7 Å². The normalized spacial score (nSPS) is 11.8. The van der Waals surface area contributed by atoms with E-state index in [0.717, 1.165) is 10.4 Å². The number of para-hydroxylation sites is 1. The highest BCUT2D eigenvalue weighted by molar-refractivity contribution is 7.18. The third-order valence-corrected chi connectivity index (χ3v) is 6.59. The van der Waals surface area contributed by atoms with E-state index < -0.39 is 6.04 Å². The fourth-order valence-corrected chi connectivity index (χ4v) is 4.55. The summed E-state index contributed by atoms with van der Waals surface area (Å²) in [4.78, 5) is 44.7. The third-order valence-electron chi connectivity index (χ3n) is 5.48. The van der Waals surface area contributed by atoms with Crippen molar-refractivity contribution in [2.45, 2.75) is 32.9 Å². The predicted molar refractivity (Wildman–Crippen MR) is 130 cm³/mol. The maximum Gasteiger partial charge on any atom is 0.262 e. The molecule has 4 rings (SSSR count). The molecule has 2 aromatic heterocycles. The number of carbonyl (C=O) groups excluding carboxylic acids is 2. The minimum Gasteiger partial charge on any atom is -0.340 e. The van der Waals surface area contributed by atoms with Gasteiger partial charge in [-0.15, -0.1) is 11.3 Å². The number of nitrogens with zero attached hydrogens (tertiary/aromatic N) is 2. The van der Waals surface area contributed by atoms with E-state index in [1.807, 2.05) is 50.2 Å². The Kier molecular flexibility index (Phi) is 6.65. The Morgan fingerprint density at radius 2 is 1.70 bits per heavy atom. The third kappa shape index (κ3) is 5.01. The van der Waals surface area contributed by atoms with Gasteiger partial charge < -0.3 is 10.6 Å². The first-order chi connectivity index (χ1) is 15.9. The molecule has 1 atom stereocenters. The van der Waals surface area contributed by atoms with Crippen molar-refractivity contribution < 1.29 is 9.59 Å². The Morgan fingerprint density at radius 1 is 1.03 bits per heavy atom. The number of aromatic nitrogens is 2. The monoisotopic (exact) mass is 460 g/mol. The van der Waals surface area contributed by atoms with Crippen LogP contribution in [0.1, 0.15) is 28.5 Å². The molecule has 0 saturated carbocycles. The summed E-state index contributed by atoms with van der Waals surface area (Å²) in [5.74, 6) is -0.678. The van der Waals surface area contributed by atoms with Crippen LogP contribution in [0.15, 0.2) is 71.8 Å². The molecule has 33 heavy (non-hydrogen) atoms. The Balaban J connectivity index is 1.49. The van der Waals surface area contributed by atoms with Crippen LogP contribution in [0.2, 0.25) is 0 Å². The highest BCUT2D eigenvalue weighted by Crippen LogP contribution is 2.25. The minimum absolute atomic E-state index is 0.0389. The lowest BCUT2D eigenvalue weighted by Gasteiger charge is -2.19. The predicted octanol–water partition coefficient (Wildman–Crippen LogP) is 3.96. The van der Waals surface area contributed by atoms with Crippen LogP contribution >= 0.6 is 11.3 Å². The summed E-state index contributed by atoms with van der Waals surface area (Å²) in [6.45, 7) is 4.04. The van der Waals surface area contributed by atoms with Crippen molar-refractivity contribution >= 4 is 39.1 Å². The number of carbonyl (C=O) groups is 2. The number of aryl methyl sites for hydroxylation is 3. The number of hydrogen-bond acceptors (Lipinski definition) is 5. The molecule has 2 aromatic carbocycles. The van der Waals surface area contributed by atoms with E-state index in [9.17, 15) is 14.4 Å². The van der Waals surface area contributed by atoms with Crippen molar-refractivity contribution in [1.82, 2.24) is 14.9 Å². The van der Waals surface area contributed by atoms with Gasteiger partial charge in [0.2, 0.25) is 5.91 Å². The molecule has 1 unspecified atom stereocenters. The smallest absolute Gasteiger partial charge is 0.262 e. The molecule has 0 bridgehead atoms. The van der Waals surface area contributed by atoms with Crippen LogP contribution in [0.5, 0.6) is 0 Å². The number of amides is 2. The lowest BCUT2D eigenvalue weighted by molar-refractivity contribution is -0.126. The van der Waals surface area contributed by atoms with Gasteiger partial charge in [0.25, 0.3) is 11.5 Å². The van der Waals surface area contributed by atoms with E-state index in [0.29, 0.717) is 21.5 Å². The molecule has 0 fully saturated rings. The van der Waals surface area contributed by atoms with E-state index in [1.54, 1.807) is 24.3 Å². The Bertz CT molecular complexity index is 1350. The second-order valence-electron chi connectivity index (χ2n) is 7.72. The molecule has 2 amide bonds. The maximum atomic E-state index is 13.0. The average molecular weight is 461 g/mol. The molecule has 0 saturated heterocycles.